The molecule has 4 rings (SSSR count). The summed E-state index contributed by atoms with van der Waals surface area (Å²) in [6, 6.07) is 11.5. The second-order valence-electron chi connectivity index (χ2n) is 7.50. The third kappa shape index (κ3) is 3.51. The largest absolute Gasteiger partial charge is 0.381 e. The lowest BCUT2D eigenvalue weighted by atomic mass is 9.71. The number of nitrogens with zero attached hydrogens (tertiary/aromatic N) is 1. The van der Waals surface area contributed by atoms with E-state index in [0.29, 0.717) is 26.3 Å². The van der Waals surface area contributed by atoms with Gasteiger partial charge in [0, 0.05) is 37.4 Å². The fourth-order valence-electron chi connectivity index (χ4n) is 4.26. The maximum Gasteiger partial charge on any atom is 0.264 e. The maximum atomic E-state index is 13.1. The van der Waals surface area contributed by atoms with Crippen molar-refractivity contribution < 1.29 is 14.3 Å². The van der Waals surface area contributed by atoms with Crippen LogP contribution in [0.25, 0.3) is 0 Å². The number of carbonyl (C=O) groups excluding carboxylic acids is 2. The highest BCUT2D eigenvalue weighted by molar-refractivity contribution is 7.12. The molecule has 5 nitrogen and oxygen atoms in total. The number of benzene rings is 1. The third-order valence-corrected chi connectivity index (χ3v) is 6.84. The number of hydrogen-bond donors (Lipinski definition) is 1. The molecule has 2 fully saturated rings. The minimum atomic E-state index is -0.217. The lowest BCUT2D eigenvalue weighted by molar-refractivity contribution is -0.124. The quantitative estimate of drug-likeness (QED) is 0.880. The van der Waals surface area contributed by atoms with Gasteiger partial charge in [0.1, 0.15) is 0 Å². The molecule has 0 unspecified atom stereocenters. The van der Waals surface area contributed by atoms with Crippen LogP contribution < -0.4 is 5.32 Å². The number of aryl methyl sites for hydroxylation is 1. The first-order valence-corrected chi connectivity index (χ1v) is 10.2. The summed E-state index contributed by atoms with van der Waals surface area (Å²) in [6.45, 7) is 4.35. The van der Waals surface area contributed by atoms with Crippen LogP contribution in [0, 0.1) is 18.3 Å². The molecule has 0 aliphatic carbocycles. The Kier molecular flexibility index (Phi) is 5.02. The highest BCUT2D eigenvalue weighted by atomic mass is 32.1. The normalized spacial score (nSPS) is 21.4. The molecule has 27 heavy (non-hydrogen) atoms. The van der Waals surface area contributed by atoms with Crippen molar-refractivity contribution in [2.75, 3.05) is 31.6 Å². The topological polar surface area (TPSA) is 58.6 Å². The fraction of sp³-hybridized carbons (Fsp3) is 0.429. The van der Waals surface area contributed by atoms with Crippen molar-refractivity contribution in [3.05, 3.63) is 52.2 Å². The van der Waals surface area contributed by atoms with Crippen molar-refractivity contribution >= 4 is 28.8 Å². The maximum absolute atomic E-state index is 13.1. The Bertz CT molecular complexity index is 827. The van der Waals surface area contributed by atoms with Gasteiger partial charge >= 0.3 is 0 Å². The SMILES string of the molecule is Cc1ccsc1C(=O)N1C[C@H](C(=O)Nc2ccccc2)C2(CCOCC2)C1. The van der Waals surface area contributed by atoms with E-state index in [2.05, 4.69) is 5.32 Å². The average Bonchev–Trinajstić information content (AvgIpc) is 3.27. The predicted molar refractivity (Wildman–Crippen MR) is 106 cm³/mol. The summed E-state index contributed by atoms with van der Waals surface area (Å²) >= 11 is 1.48. The van der Waals surface area contributed by atoms with Gasteiger partial charge < -0.3 is 15.0 Å². The highest BCUT2D eigenvalue weighted by Gasteiger charge is 2.52. The van der Waals surface area contributed by atoms with Gasteiger partial charge in [-0.15, -0.1) is 11.3 Å². The zero-order valence-electron chi connectivity index (χ0n) is 15.4. The lowest BCUT2D eigenvalue weighted by Gasteiger charge is -2.37. The molecule has 0 saturated carbocycles. The van der Waals surface area contributed by atoms with Crippen LogP contribution >= 0.6 is 11.3 Å². The minimum Gasteiger partial charge on any atom is -0.381 e. The molecule has 2 aliphatic heterocycles. The molecule has 2 aliphatic rings. The number of anilines is 1. The monoisotopic (exact) mass is 384 g/mol. The summed E-state index contributed by atoms with van der Waals surface area (Å²) in [5, 5.41) is 4.99. The van der Waals surface area contributed by atoms with Crippen LogP contribution in [0.5, 0.6) is 0 Å². The molecule has 2 amide bonds. The first-order valence-electron chi connectivity index (χ1n) is 9.36. The van der Waals surface area contributed by atoms with Crippen molar-refractivity contribution in [1.29, 1.82) is 0 Å². The first-order chi connectivity index (χ1) is 13.1. The third-order valence-electron chi connectivity index (χ3n) is 5.84. The molecule has 1 spiro atoms. The number of likely N-dealkylation sites (tertiary alicyclic amines) is 1. The molecule has 2 aromatic rings. The smallest absolute Gasteiger partial charge is 0.264 e. The van der Waals surface area contributed by atoms with E-state index in [4.69, 9.17) is 4.74 Å². The Morgan fingerprint density at radius 2 is 1.93 bits per heavy atom. The number of ether oxygens (including phenoxy) is 1. The van der Waals surface area contributed by atoms with Crippen LogP contribution in [0.4, 0.5) is 5.69 Å². The average molecular weight is 385 g/mol. The fourth-order valence-corrected chi connectivity index (χ4v) is 5.15. The standard InChI is InChI=1S/C21H24N2O3S/c1-15-7-12-27-18(15)20(25)23-13-17(21(14-23)8-10-26-11-9-21)19(24)22-16-5-3-2-4-6-16/h2-7,12,17H,8-11,13-14H2,1H3,(H,22,24)/t17-/m1/s1. The first kappa shape index (κ1) is 18.2. The lowest BCUT2D eigenvalue weighted by Crippen LogP contribution is -2.42. The van der Waals surface area contributed by atoms with E-state index in [1.54, 1.807) is 0 Å². The molecule has 0 radical (unpaired) electrons. The molecule has 0 bridgehead atoms. The van der Waals surface area contributed by atoms with Gasteiger partial charge in [0.05, 0.1) is 10.8 Å². The van der Waals surface area contributed by atoms with Crippen molar-refractivity contribution in [3.8, 4) is 0 Å². The molecule has 2 saturated heterocycles. The zero-order chi connectivity index (χ0) is 18.9. The van der Waals surface area contributed by atoms with Gasteiger partial charge in [-0.2, -0.15) is 0 Å². The Labute approximate surface area is 163 Å². The van der Waals surface area contributed by atoms with Gasteiger partial charge in [0.15, 0.2) is 0 Å². The summed E-state index contributed by atoms with van der Waals surface area (Å²) in [5.41, 5.74) is 1.60. The Morgan fingerprint density at radius 3 is 2.59 bits per heavy atom. The van der Waals surface area contributed by atoms with Crippen LogP contribution in [-0.4, -0.2) is 43.0 Å². The van der Waals surface area contributed by atoms with Crippen LogP contribution in [0.2, 0.25) is 0 Å². The summed E-state index contributed by atoms with van der Waals surface area (Å²) in [4.78, 5) is 28.8. The molecule has 1 atom stereocenters. The van der Waals surface area contributed by atoms with E-state index >= 15 is 0 Å². The van der Waals surface area contributed by atoms with E-state index in [1.165, 1.54) is 11.3 Å². The number of rotatable bonds is 3. The molecule has 1 aromatic heterocycles. The molecule has 1 aromatic carbocycles. The zero-order valence-corrected chi connectivity index (χ0v) is 16.3. The Morgan fingerprint density at radius 1 is 1.19 bits per heavy atom. The van der Waals surface area contributed by atoms with Crippen molar-refractivity contribution in [2.24, 2.45) is 11.3 Å². The Balaban J connectivity index is 1.57. The van der Waals surface area contributed by atoms with E-state index in [1.807, 2.05) is 53.6 Å². The molecular formula is C21H24N2O3S. The van der Waals surface area contributed by atoms with Crippen LogP contribution in [0.3, 0.4) is 0 Å². The van der Waals surface area contributed by atoms with Crippen LogP contribution in [-0.2, 0) is 9.53 Å². The van der Waals surface area contributed by atoms with Crippen molar-refractivity contribution in [1.82, 2.24) is 4.90 Å². The van der Waals surface area contributed by atoms with Crippen molar-refractivity contribution in [3.63, 3.8) is 0 Å². The van der Waals surface area contributed by atoms with Crippen LogP contribution in [0.15, 0.2) is 41.8 Å². The molecular weight excluding hydrogens is 360 g/mol. The summed E-state index contributed by atoms with van der Waals surface area (Å²) in [5.74, 6) is -0.171. The van der Waals surface area contributed by atoms with E-state index < -0.39 is 0 Å². The summed E-state index contributed by atoms with van der Waals surface area (Å²) in [6.07, 6.45) is 1.63. The van der Waals surface area contributed by atoms with Gasteiger partial charge in [-0.1, -0.05) is 18.2 Å². The second kappa shape index (κ2) is 7.44. The predicted octanol–water partition coefficient (Wildman–Crippen LogP) is 3.56. The second-order valence-corrected chi connectivity index (χ2v) is 8.42. The van der Waals surface area contributed by atoms with Crippen molar-refractivity contribution in [2.45, 2.75) is 19.8 Å². The molecule has 6 heteroatoms. The highest BCUT2D eigenvalue weighted by Crippen LogP contribution is 2.45. The van der Waals surface area contributed by atoms with Crippen LogP contribution in [0.1, 0.15) is 28.1 Å². The minimum absolute atomic E-state index is 0.00121. The Hall–Kier alpha value is -2.18. The molecule has 142 valence electrons. The van der Waals surface area contributed by atoms with E-state index in [0.717, 1.165) is 29.0 Å². The molecule has 1 N–H and O–H groups in total. The summed E-state index contributed by atoms with van der Waals surface area (Å²) in [7, 11) is 0. The summed E-state index contributed by atoms with van der Waals surface area (Å²) < 4.78 is 5.56. The number of amides is 2. The molecule has 3 heterocycles. The van der Waals surface area contributed by atoms with Gasteiger partial charge in [-0.25, -0.2) is 0 Å². The number of nitrogens with one attached hydrogen (secondary N) is 1. The number of para-hydroxylation sites is 1. The van der Waals surface area contributed by atoms with Gasteiger partial charge in [-0.05, 0) is 48.9 Å². The van der Waals surface area contributed by atoms with E-state index in [-0.39, 0.29) is 23.1 Å². The van der Waals surface area contributed by atoms with Gasteiger partial charge in [0.2, 0.25) is 5.91 Å². The number of hydrogen-bond acceptors (Lipinski definition) is 4. The van der Waals surface area contributed by atoms with E-state index in [9.17, 15) is 9.59 Å². The number of thiophene rings is 1. The van der Waals surface area contributed by atoms with Gasteiger partial charge in [-0.3, -0.25) is 9.59 Å². The van der Waals surface area contributed by atoms with Gasteiger partial charge in [0.25, 0.3) is 5.91 Å². The number of carbonyl (C=O) groups is 2.